The number of halogens is 2. The van der Waals surface area contributed by atoms with Gasteiger partial charge in [0.1, 0.15) is 11.9 Å². The van der Waals surface area contributed by atoms with Gasteiger partial charge in [0, 0.05) is 5.70 Å². The molecule has 0 heterocycles. The normalized spacial score (nSPS) is 10.2. The lowest BCUT2D eigenvalue weighted by atomic mass is 10.1. The zero-order valence-corrected chi connectivity index (χ0v) is 10.6. The largest absolute Gasteiger partial charge is 0.301 e. The minimum atomic E-state index is -0.147. The molecule has 0 aliphatic heterocycles. The van der Waals surface area contributed by atoms with Crippen LogP contribution in [-0.2, 0) is 4.79 Å². The molecule has 1 amide bonds. The molecule has 0 radical (unpaired) electrons. The number of carbonyl (C=O) groups is 1. The van der Waals surface area contributed by atoms with Gasteiger partial charge in [0.05, 0.1) is 0 Å². The molecule has 0 fully saturated rings. The highest BCUT2D eigenvalue weighted by atomic mass is 35.5. The lowest BCUT2D eigenvalue weighted by Crippen LogP contribution is -2.33. The molecule has 0 aliphatic carbocycles. The van der Waals surface area contributed by atoms with Gasteiger partial charge in [0.25, 0.3) is 0 Å². The van der Waals surface area contributed by atoms with E-state index in [1.54, 1.807) is 0 Å². The summed E-state index contributed by atoms with van der Waals surface area (Å²) in [6.45, 7) is 8.00. The quantitative estimate of drug-likeness (QED) is 0.544. The fourth-order valence-electron chi connectivity index (χ4n) is 1.50. The summed E-state index contributed by atoms with van der Waals surface area (Å²) < 4.78 is 0. The van der Waals surface area contributed by atoms with Gasteiger partial charge in [-0.3, -0.25) is 4.79 Å². The molecule has 0 aromatic rings. The van der Waals surface area contributed by atoms with Gasteiger partial charge < -0.3 is 4.90 Å². The molecular weight excluding hydrogens is 221 g/mol. The maximum atomic E-state index is 11.5. The third kappa shape index (κ3) is 3.50. The summed E-state index contributed by atoms with van der Waals surface area (Å²) in [5.41, 5.74) is 2.06. The van der Waals surface area contributed by atoms with E-state index in [1.807, 2.05) is 27.7 Å². The first-order valence-corrected chi connectivity index (χ1v) is 5.62. The highest BCUT2D eigenvalue weighted by Gasteiger charge is 2.19. The Morgan fingerprint density at radius 3 is 2.00 bits per heavy atom. The average Bonchev–Trinajstić information content (AvgIpc) is 2.11. The van der Waals surface area contributed by atoms with Crippen molar-refractivity contribution in [2.75, 3.05) is 11.9 Å². The van der Waals surface area contributed by atoms with Crippen LogP contribution in [-0.4, -0.2) is 22.7 Å². The van der Waals surface area contributed by atoms with E-state index in [4.69, 9.17) is 23.2 Å². The second kappa shape index (κ2) is 6.31. The van der Waals surface area contributed by atoms with Gasteiger partial charge >= 0.3 is 0 Å². The van der Waals surface area contributed by atoms with E-state index in [1.165, 1.54) is 4.90 Å². The number of carbonyl (C=O) groups excluding carboxylic acids is 1. The molecule has 14 heavy (non-hydrogen) atoms. The molecule has 2 nitrogen and oxygen atoms in total. The van der Waals surface area contributed by atoms with Crippen LogP contribution in [0.15, 0.2) is 11.3 Å². The van der Waals surface area contributed by atoms with Gasteiger partial charge in [-0.2, -0.15) is 0 Å². The monoisotopic (exact) mass is 237 g/mol. The maximum absolute atomic E-state index is 11.5. The molecule has 4 heteroatoms. The van der Waals surface area contributed by atoms with Crippen molar-refractivity contribution in [1.82, 2.24) is 4.90 Å². The van der Waals surface area contributed by atoms with Gasteiger partial charge in [-0.05, 0) is 19.8 Å². The Morgan fingerprint density at radius 1 is 1.29 bits per heavy atom. The summed E-state index contributed by atoms with van der Waals surface area (Å²) in [7, 11) is 0. The van der Waals surface area contributed by atoms with Crippen molar-refractivity contribution < 1.29 is 4.79 Å². The van der Waals surface area contributed by atoms with Crippen molar-refractivity contribution in [3.63, 3.8) is 0 Å². The molecule has 0 rings (SSSR count). The van der Waals surface area contributed by atoms with E-state index >= 15 is 0 Å². The highest BCUT2D eigenvalue weighted by Crippen LogP contribution is 2.20. The molecule has 0 aliphatic rings. The van der Waals surface area contributed by atoms with Crippen LogP contribution in [0.2, 0.25) is 0 Å². The summed E-state index contributed by atoms with van der Waals surface area (Å²) in [5.74, 6) is 0.0911. The van der Waals surface area contributed by atoms with E-state index in [2.05, 4.69) is 0 Å². The molecule has 0 N–H and O–H groups in total. The lowest BCUT2D eigenvalue weighted by Gasteiger charge is -2.26. The van der Waals surface area contributed by atoms with E-state index in [0.717, 1.165) is 11.3 Å². The molecule has 82 valence electrons. The summed E-state index contributed by atoms with van der Waals surface area (Å²) in [4.78, 5) is 13.0. The van der Waals surface area contributed by atoms with Crippen molar-refractivity contribution in [3.05, 3.63) is 11.3 Å². The van der Waals surface area contributed by atoms with Crippen molar-refractivity contribution in [3.8, 4) is 0 Å². The second-order valence-electron chi connectivity index (χ2n) is 3.61. The first-order chi connectivity index (χ1) is 6.45. The summed E-state index contributed by atoms with van der Waals surface area (Å²) in [5, 5.41) is 0. The molecule has 0 saturated carbocycles. The predicted octanol–water partition coefficient (Wildman–Crippen LogP) is 3.20. The Hall–Kier alpha value is -0.210. The minimum Gasteiger partial charge on any atom is -0.301 e. The van der Waals surface area contributed by atoms with Crippen LogP contribution < -0.4 is 0 Å². The zero-order valence-electron chi connectivity index (χ0n) is 9.10. The van der Waals surface area contributed by atoms with Gasteiger partial charge in [-0.15, -0.1) is 23.2 Å². The van der Waals surface area contributed by atoms with Gasteiger partial charge in [-0.25, -0.2) is 0 Å². The molecule has 0 spiro atoms. The number of rotatable bonds is 4. The Kier molecular flexibility index (Phi) is 6.21. The topological polar surface area (TPSA) is 20.3 Å². The van der Waals surface area contributed by atoms with E-state index in [9.17, 15) is 4.79 Å². The second-order valence-corrected chi connectivity index (χ2v) is 4.12. The van der Waals surface area contributed by atoms with Crippen molar-refractivity contribution >= 4 is 29.1 Å². The summed E-state index contributed by atoms with van der Waals surface area (Å²) in [6.07, 6.45) is 0. The summed E-state index contributed by atoms with van der Waals surface area (Å²) >= 11 is 11.2. The molecule has 0 aromatic carbocycles. The Balaban J connectivity index is 4.98. The maximum Gasteiger partial charge on any atom is 0.242 e. The van der Waals surface area contributed by atoms with Crippen LogP contribution in [0, 0.1) is 5.92 Å². The molecule has 0 aromatic heterocycles. The van der Waals surface area contributed by atoms with Gasteiger partial charge in [0.2, 0.25) is 5.91 Å². The van der Waals surface area contributed by atoms with Crippen LogP contribution in [0.4, 0.5) is 0 Å². The molecular formula is C10H17Cl2NO. The van der Waals surface area contributed by atoms with E-state index in [0.29, 0.717) is 0 Å². The van der Waals surface area contributed by atoms with Crippen LogP contribution in [0.25, 0.3) is 0 Å². The number of hydrogen-bond acceptors (Lipinski definition) is 1. The standard InChI is InChI=1S/C10H17Cl2NO/c1-7(2)10(8(3)4)13(6-12)9(14)5-11/h7H,5-6H2,1-4H3. The SMILES string of the molecule is CC(C)=C(C(C)C)N(CCl)C(=O)CCl. The van der Waals surface area contributed by atoms with E-state index in [-0.39, 0.29) is 23.7 Å². The summed E-state index contributed by atoms with van der Waals surface area (Å²) in [6, 6.07) is 0.157. The molecule has 0 unspecified atom stereocenters. The third-order valence-electron chi connectivity index (χ3n) is 1.88. The Bertz CT molecular complexity index is 232. The smallest absolute Gasteiger partial charge is 0.242 e. The highest BCUT2D eigenvalue weighted by molar-refractivity contribution is 6.28. The molecule has 0 saturated heterocycles. The molecule has 0 atom stereocenters. The number of amides is 1. The predicted molar refractivity (Wildman–Crippen MR) is 61.5 cm³/mol. The average molecular weight is 238 g/mol. The fourth-order valence-corrected chi connectivity index (χ4v) is 1.90. The number of alkyl halides is 2. The van der Waals surface area contributed by atoms with Crippen molar-refractivity contribution in [2.24, 2.45) is 5.92 Å². The number of hydrogen-bond donors (Lipinski definition) is 0. The van der Waals surface area contributed by atoms with Gasteiger partial charge in [0.15, 0.2) is 0 Å². The Labute approximate surface area is 95.9 Å². The lowest BCUT2D eigenvalue weighted by molar-refractivity contribution is -0.126. The van der Waals surface area contributed by atoms with E-state index < -0.39 is 0 Å². The van der Waals surface area contributed by atoms with Crippen molar-refractivity contribution in [1.29, 1.82) is 0 Å². The van der Waals surface area contributed by atoms with Crippen LogP contribution in [0.3, 0.4) is 0 Å². The van der Waals surface area contributed by atoms with Crippen molar-refractivity contribution in [2.45, 2.75) is 27.7 Å². The number of nitrogens with zero attached hydrogens (tertiary/aromatic N) is 1. The van der Waals surface area contributed by atoms with Crippen LogP contribution in [0.1, 0.15) is 27.7 Å². The number of allylic oxidation sites excluding steroid dienone is 2. The first kappa shape index (κ1) is 13.8. The molecule has 0 bridgehead atoms. The fraction of sp³-hybridized carbons (Fsp3) is 0.700. The van der Waals surface area contributed by atoms with Crippen LogP contribution >= 0.6 is 23.2 Å². The third-order valence-corrected chi connectivity index (χ3v) is 2.35. The Morgan fingerprint density at radius 2 is 1.79 bits per heavy atom. The first-order valence-electron chi connectivity index (χ1n) is 4.55. The van der Waals surface area contributed by atoms with Gasteiger partial charge in [-0.1, -0.05) is 19.4 Å². The van der Waals surface area contributed by atoms with Crippen LogP contribution in [0.5, 0.6) is 0 Å². The zero-order chi connectivity index (χ0) is 11.3. The minimum absolute atomic E-state index is 0.0315.